The molecule has 10 heavy (non-hydrogen) atoms. The topological polar surface area (TPSA) is 9.23 Å². The highest BCUT2D eigenvalue weighted by molar-refractivity contribution is 6.71. The molecule has 0 saturated carbocycles. The highest BCUT2D eigenvalue weighted by Gasteiger charge is 2.18. The van der Waals surface area contributed by atoms with Gasteiger partial charge in [0.2, 0.25) is 0 Å². The number of hydrogen-bond acceptors (Lipinski definition) is 1. The Morgan fingerprint density at radius 1 is 1.30 bits per heavy atom. The fourth-order valence-electron chi connectivity index (χ4n) is 0.747. The maximum absolute atomic E-state index is 5.55. The van der Waals surface area contributed by atoms with E-state index in [2.05, 4.69) is 13.1 Å². The van der Waals surface area contributed by atoms with E-state index in [9.17, 15) is 0 Å². The third kappa shape index (κ3) is 5.27. The van der Waals surface area contributed by atoms with E-state index in [-0.39, 0.29) is 0 Å². The molecule has 0 saturated heterocycles. The summed E-state index contributed by atoms with van der Waals surface area (Å²) in [6.45, 7) is 4.47. The fourth-order valence-corrected chi connectivity index (χ4v) is 2.24. The molecule has 0 aromatic carbocycles. The van der Waals surface area contributed by atoms with Crippen molar-refractivity contribution in [2.75, 3.05) is 13.0 Å². The minimum atomic E-state index is -1.27. The summed E-state index contributed by atoms with van der Waals surface area (Å²) in [5.74, 6) is 0.786. The molecular formula is C7H17ClOSi. The Morgan fingerprint density at radius 2 is 1.90 bits per heavy atom. The molecular weight excluding hydrogens is 164 g/mol. The van der Waals surface area contributed by atoms with E-state index in [0.29, 0.717) is 0 Å². The van der Waals surface area contributed by atoms with E-state index < -0.39 is 8.32 Å². The van der Waals surface area contributed by atoms with Crippen molar-refractivity contribution in [3.8, 4) is 0 Å². The molecule has 0 aliphatic carbocycles. The largest absolute Gasteiger partial charge is 0.420 e. The maximum atomic E-state index is 5.55. The van der Waals surface area contributed by atoms with Gasteiger partial charge in [-0.25, -0.2) is 0 Å². The average molecular weight is 181 g/mol. The van der Waals surface area contributed by atoms with Crippen LogP contribution in [-0.2, 0) is 4.43 Å². The molecule has 0 bridgehead atoms. The third-order valence-electron chi connectivity index (χ3n) is 1.72. The summed E-state index contributed by atoms with van der Waals surface area (Å²) in [6.07, 6.45) is 2.35. The number of unbranched alkanes of at least 4 members (excludes halogenated alkanes) is 1. The second-order valence-corrected chi connectivity index (χ2v) is 7.92. The first-order chi connectivity index (χ1) is 4.62. The molecule has 0 aromatic heterocycles. The molecule has 0 unspecified atom stereocenters. The van der Waals surface area contributed by atoms with Crippen molar-refractivity contribution >= 4 is 19.9 Å². The number of alkyl halides is 1. The van der Waals surface area contributed by atoms with Crippen molar-refractivity contribution in [2.24, 2.45) is 0 Å². The monoisotopic (exact) mass is 180 g/mol. The lowest BCUT2D eigenvalue weighted by Gasteiger charge is -2.18. The van der Waals surface area contributed by atoms with Gasteiger partial charge in [-0.1, -0.05) is 6.42 Å². The lowest BCUT2D eigenvalue weighted by molar-refractivity contribution is 0.402. The Hall–Kier alpha value is 0.467. The molecule has 0 aliphatic rings. The molecule has 0 spiro atoms. The Bertz CT molecular complexity index is 85.7. The molecule has 0 heterocycles. The second kappa shape index (κ2) is 5.16. The van der Waals surface area contributed by atoms with Crippen molar-refractivity contribution in [3.63, 3.8) is 0 Å². The van der Waals surface area contributed by atoms with E-state index in [4.69, 9.17) is 16.0 Å². The van der Waals surface area contributed by atoms with Crippen LogP contribution >= 0.6 is 11.6 Å². The highest BCUT2D eigenvalue weighted by Crippen LogP contribution is 2.13. The first-order valence-electron chi connectivity index (χ1n) is 3.73. The maximum Gasteiger partial charge on any atom is 0.186 e. The summed E-state index contributed by atoms with van der Waals surface area (Å²) in [5, 5.41) is 0. The van der Waals surface area contributed by atoms with Crippen LogP contribution in [0.1, 0.15) is 12.8 Å². The molecule has 0 radical (unpaired) electrons. The number of rotatable bonds is 5. The van der Waals surface area contributed by atoms with Gasteiger partial charge in [0, 0.05) is 13.0 Å². The molecule has 1 nitrogen and oxygen atoms in total. The molecule has 0 N–H and O–H groups in total. The quantitative estimate of drug-likeness (QED) is 0.359. The Morgan fingerprint density at radius 3 is 2.30 bits per heavy atom. The lowest BCUT2D eigenvalue weighted by atomic mass is 10.4. The summed E-state index contributed by atoms with van der Waals surface area (Å²) >= 11 is 5.55. The van der Waals surface area contributed by atoms with Gasteiger partial charge in [-0.05, 0) is 25.6 Å². The van der Waals surface area contributed by atoms with Crippen molar-refractivity contribution < 1.29 is 4.43 Å². The molecule has 0 fully saturated rings. The molecule has 0 rings (SSSR count). The van der Waals surface area contributed by atoms with Crippen LogP contribution in [0.25, 0.3) is 0 Å². The molecule has 62 valence electrons. The normalized spacial score (nSPS) is 12.0. The zero-order valence-electron chi connectivity index (χ0n) is 7.11. The Balaban J connectivity index is 3.28. The Labute approximate surface area is 69.9 Å². The molecule has 0 aromatic rings. The van der Waals surface area contributed by atoms with Crippen LogP contribution in [0.5, 0.6) is 0 Å². The van der Waals surface area contributed by atoms with Crippen LogP contribution in [0.3, 0.4) is 0 Å². The highest BCUT2D eigenvalue weighted by atomic mass is 35.5. The van der Waals surface area contributed by atoms with Crippen LogP contribution in [-0.4, -0.2) is 21.3 Å². The smallest absolute Gasteiger partial charge is 0.186 e. The van der Waals surface area contributed by atoms with E-state index >= 15 is 0 Å². The summed E-state index contributed by atoms with van der Waals surface area (Å²) < 4.78 is 5.38. The summed E-state index contributed by atoms with van der Waals surface area (Å²) in [7, 11) is 0.539. The van der Waals surface area contributed by atoms with Crippen molar-refractivity contribution in [1.29, 1.82) is 0 Å². The molecule has 0 atom stereocenters. The lowest BCUT2D eigenvalue weighted by Crippen LogP contribution is -2.27. The SMILES string of the molecule is CO[Si](C)(C)CCCCCl. The predicted molar refractivity (Wildman–Crippen MR) is 49.3 cm³/mol. The predicted octanol–water partition coefficient (Wildman–Crippen LogP) is 2.86. The van der Waals surface area contributed by atoms with Gasteiger partial charge in [-0.15, -0.1) is 11.6 Å². The van der Waals surface area contributed by atoms with Gasteiger partial charge >= 0.3 is 0 Å². The van der Waals surface area contributed by atoms with Gasteiger partial charge in [0.1, 0.15) is 0 Å². The van der Waals surface area contributed by atoms with E-state index in [1.54, 1.807) is 0 Å². The Kier molecular flexibility index (Phi) is 5.40. The summed E-state index contributed by atoms with van der Waals surface area (Å²) in [4.78, 5) is 0. The van der Waals surface area contributed by atoms with Crippen LogP contribution in [0.4, 0.5) is 0 Å². The first kappa shape index (κ1) is 10.5. The van der Waals surface area contributed by atoms with Gasteiger partial charge in [0.05, 0.1) is 0 Å². The minimum absolute atomic E-state index is 0.786. The van der Waals surface area contributed by atoms with E-state index in [1.807, 2.05) is 7.11 Å². The first-order valence-corrected chi connectivity index (χ1v) is 7.38. The van der Waals surface area contributed by atoms with Crippen LogP contribution in [0, 0.1) is 0 Å². The van der Waals surface area contributed by atoms with Crippen LogP contribution in [0.15, 0.2) is 0 Å². The van der Waals surface area contributed by atoms with Crippen molar-refractivity contribution in [1.82, 2.24) is 0 Å². The zero-order chi connectivity index (χ0) is 8.04. The third-order valence-corrected chi connectivity index (χ3v) is 4.65. The van der Waals surface area contributed by atoms with E-state index in [0.717, 1.165) is 12.3 Å². The molecule has 0 amide bonds. The molecule has 0 aliphatic heterocycles. The summed E-state index contributed by atoms with van der Waals surface area (Å²) in [5.41, 5.74) is 0. The van der Waals surface area contributed by atoms with Crippen molar-refractivity contribution in [2.45, 2.75) is 32.0 Å². The minimum Gasteiger partial charge on any atom is -0.420 e. The number of halogens is 1. The second-order valence-electron chi connectivity index (χ2n) is 3.11. The van der Waals surface area contributed by atoms with Gasteiger partial charge in [-0.2, -0.15) is 0 Å². The van der Waals surface area contributed by atoms with Gasteiger partial charge in [0.15, 0.2) is 8.32 Å². The summed E-state index contributed by atoms with van der Waals surface area (Å²) in [6, 6.07) is 1.23. The standard InChI is InChI=1S/C7H17ClOSi/c1-9-10(2,3)7-5-4-6-8/h4-7H2,1-3H3. The number of hydrogen-bond donors (Lipinski definition) is 0. The zero-order valence-corrected chi connectivity index (χ0v) is 8.87. The fraction of sp³-hybridized carbons (Fsp3) is 1.00. The van der Waals surface area contributed by atoms with Crippen molar-refractivity contribution in [3.05, 3.63) is 0 Å². The van der Waals surface area contributed by atoms with E-state index in [1.165, 1.54) is 12.5 Å². The van der Waals surface area contributed by atoms with Gasteiger partial charge in [0.25, 0.3) is 0 Å². The van der Waals surface area contributed by atoms with Crippen LogP contribution < -0.4 is 0 Å². The van der Waals surface area contributed by atoms with Gasteiger partial charge in [-0.3, -0.25) is 0 Å². The van der Waals surface area contributed by atoms with Gasteiger partial charge < -0.3 is 4.43 Å². The molecule has 3 heteroatoms. The average Bonchev–Trinajstić information content (AvgIpc) is 1.89. The van der Waals surface area contributed by atoms with Crippen LogP contribution in [0.2, 0.25) is 19.1 Å².